The van der Waals surface area contributed by atoms with Crippen LogP contribution in [0.1, 0.15) is 12.8 Å². The summed E-state index contributed by atoms with van der Waals surface area (Å²) in [6.07, 6.45) is 6.81. The second-order valence-corrected chi connectivity index (χ2v) is 5.28. The van der Waals surface area contributed by atoms with E-state index in [0.717, 1.165) is 51.1 Å². The lowest BCUT2D eigenvalue weighted by molar-refractivity contribution is -0.123. The van der Waals surface area contributed by atoms with Gasteiger partial charge in [0.25, 0.3) is 0 Å². The van der Waals surface area contributed by atoms with Gasteiger partial charge in [-0.15, -0.1) is 0 Å². The SMILES string of the molecule is COCC1CN(/C=C2\CC/C(=C/N)NC2)CCN1C=O. The van der Waals surface area contributed by atoms with Crippen molar-refractivity contribution in [2.75, 3.05) is 39.9 Å². The predicted molar refractivity (Wildman–Crippen MR) is 77.6 cm³/mol. The van der Waals surface area contributed by atoms with Gasteiger partial charge in [-0.1, -0.05) is 0 Å². The Hall–Kier alpha value is -1.69. The standard InChI is InChI=1S/C14H24N4O2/c1-20-10-14-9-17(4-5-18(14)11-19)8-12-2-3-13(6-15)16-7-12/h6,8,11,14,16H,2-5,7,9-10,15H2,1H3/b12-8+,13-6-. The Balaban J connectivity index is 1.91. The number of nitrogens with zero attached hydrogens (tertiary/aromatic N) is 2. The molecule has 0 aromatic carbocycles. The molecular weight excluding hydrogens is 256 g/mol. The summed E-state index contributed by atoms with van der Waals surface area (Å²) in [6.45, 7) is 3.89. The third-order valence-electron chi connectivity index (χ3n) is 3.88. The molecule has 20 heavy (non-hydrogen) atoms. The van der Waals surface area contributed by atoms with Gasteiger partial charge in [-0.2, -0.15) is 0 Å². The van der Waals surface area contributed by atoms with E-state index in [1.807, 2.05) is 4.90 Å². The number of rotatable bonds is 4. The van der Waals surface area contributed by atoms with Crippen LogP contribution >= 0.6 is 0 Å². The van der Waals surface area contributed by atoms with Gasteiger partial charge >= 0.3 is 0 Å². The molecule has 2 rings (SSSR count). The second kappa shape index (κ2) is 7.19. The van der Waals surface area contributed by atoms with Crippen molar-refractivity contribution in [1.29, 1.82) is 0 Å². The molecule has 2 aliphatic rings. The molecule has 0 aromatic heterocycles. The molecule has 1 amide bonds. The van der Waals surface area contributed by atoms with Gasteiger partial charge in [-0.3, -0.25) is 4.79 Å². The van der Waals surface area contributed by atoms with Crippen molar-refractivity contribution >= 4 is 6.41 Å². The van der Waals surface area contributed by atoms with E-state index in [-0.39, 0.29) is 6.04 Å². The molecule has 1 unspecified atom stereocenters. The Morgan fingerprint density at radius 2 is 2.30 bits per heavy atom. The van der Waals surface area contributed by atoms with E-state index in [0.29, 0.717) is 6.61 Å². The quantitative estimate of drug-likeness (QED) is 0.700. The number of piperazine rings is 1. The van der Waals surface area contributed by atoms with Crippen molar-refractivity contribution in [2.24, 2.45) is 5.73 Å². The minimum atomic E-state index is 0.138. The zero-order valence-electron chi connectivity index (χ0n) is 12.0. The van der Waals surface area contributed by atoms with Crippen LogP contribution in [0.15, 0.2) is 23.7 Å². The Morgan fingerprint density at radius 3 is 2.90 bits per heavy atom. The fourth-order valence-electron chi connectivity index (χ4n) is 2.70. The minimum absolute atomic E-state index is 0.138. The topological polar surface area (TPSA) is 70.8 Å². The largest absolute Gasteiger partial charge is 0.403 e. The molecule has 2 aliphatic heterocycles. The van der Waals surface area contributed by atoms with Crippen LogP contribution < -0.4 is 11.1 Å². The van der Waals surface area contributed by atoms with Crippen molar-refractivity contribution in [3.05, 3.63) is 23.7 Å². The molecule has 2 fully saturated rings. The zero-order chi connectivity index (χ0) is 14.4. The Bertz CT molecular complexity index is 383. The second-order valence-electron chi connectivity index (χ2n) is 5.28. The number of nitrogens with two attached hydrogens (primary N) is 1. The van der Waals surface area contributed by atoms with Gasteiger partial charge in [-0.05, 0) is 18.4 Å². The molecule has 2 heterocycles. The maximum Gasteiger partial charge on any atom is 0.210 e. The van der Waals surface area contributed by atoms with E-state index in [9.17, 15) is 4.79 Å². The highest BCUT2D eigenvalue weighted by Crippen LogP contribution is 2.17. The van der Waals surface area contributed by atoms with Crippen molar-refractivity contribution in [2.45, 2.75) is 18.9 Å². The molecule has 112 valence electrons. The summed E-state index contributed by atoms with van der Waals surface area (Å²) in [5.74, 6) is 0. The van der Waals surface area contributed by atoms with Gasteiger partial charge < -0.3 is 25.6 Å². The molecule has 6 nitrogen and oxygen atoms in total. The summed E-state index contributed by atoms with van der Waals surface area (Å²) in [5, 5.41) is 3.31. The van der Waals surface area contributed by atoms with Crippen molar-refractivity contribution in [3.8, 4) is 0 Å². The first-order valence-electron chi connectivity index (χ1n) is 7.05. The van der Waals surface area contributed by atoms with E-state index in [2.05, 4.69) is 16.4 Å². The average molecular weight is 280 g/mol. The van der Waals surface area contributed by atoms with E-state index in [1.165, 1.54) is 5.57 Å². The highest BCUT2D eigenvalue weighted by molar-refractivity contribution is 5.48. The van der Waals surface area contributed by atoms with Crippen molar-refractivity contribution in [1.82, 2.24) is 15.1 Å². The third kappa shape index (κ3) is 3.66. The zero-order valence-corrected chi connectivity index (χ0v) is 12.0. The Kier molecular flexibility index (Phi) is 5.29. The summed E-state index contributed by atoms with van der Waals surface area (Å²) >= 11 is 0. The molecule has 0 bridgehead atoms. The number of hydrogen-bond donors (Lipinski definition) is 2. The van der Waals surface area contributed by atoms with E-state index >= 15 is 0 Å². The molecular formula is C14H24N4O2. The van der Waals surface area contributed by atoms with Crippen molar-refractivity contribution in [3.63, 3.8) is 0 Å². The summed E-state index contributed by atoms with van der Waals surface area (Å²) in [5.41, 5.74) is 8.00. The Labute approximate surface area is 120 Å². The lowest BCUT2D eigenvalue weighted by Gasteiger charge is -2.39. The number of carbonyl (C=O) groups is 1. The first-order valence-corrected chi connectivity index (χ1v) is 7.05. The number of methoxy groups -OCH3 is 1. The summed E-state index contributed by atoms with van der Waals surface area (Å²) < 4.78 is 5.20. The maximum absolute atomic E-state index is 11.0. The predicted octanol–water partition coefficient (Wildman–Crippen LogP) is -0.157. The average Bonchev–Trinajstić information content (AvgIpc) is 2.49. The maximum atomic E-state index is 11.0. The summed E-state index contributed by atoms with van der Waals surface area (Å²) in [4.78, 5) is 15.1. The molecule has 3 N–H and O–H groups in total. The number of ether oxygens (including phenoxy) is 1. The third-order valence-corrected chi connectivity index (χ3v) is 3.88. The fourth-order valence-corrected chi connectivity index (χ4v) is 2.70. The normalized spacial score (nSPS) is 27.8. The molecule has 2 saturated heterocycles. The fraction of sp³-hybridized carbons (Fsp3) is 0.643. The van der Waals surface area contributed by atoms with Crippen molar-refractivity contribution < 1.29 is 9.53 Å². The van der Waals surface area contributed by atoms with Gasteiger partial charge in [0.1, 0.15) is 0 Å². The first-order chi connectivity index (χ1) is 9.76. The number of nitrogens with one attached hydrogen (secondary N) is 1. The monoisotopic (exact) mass is 280 g/mol. The van der Waals surface area contributed by atoms with Crippen LogP contribution in [0.25, 0.3) is 0 Å². The molecule has 1 atom stereocenters. The molecule has 0 aromatic rings. The summed E-state index contributed by atoms with van der Waals surface area (Å²) in [7, 11) is 1.67. The van der Waals surface area contributed by atoms with Crippen LogP contribution in [-0.2, 0) is 9.53 Å². The molecule has 0 saturated carbocycles. The summed E-state index contributed by atoms with van der Waals surface area (Å²) in [6, 6.07) is 0.138. The van der Waals surface area contributed by atoms with Gasteiger partial charge in [-0.25, -0.2) is 0 Å². The highest BCUT2D eigenvalue weighted by atomic mass is 16.5. The number of hydrogen-bond acceptors (Lipinski definition) is 5. The smallest absolute Gasteiger partial charge is 0.210 e. The van der Waals surface area contributed by atoms with Crippen LogP contribution in [0, 0.1) is 0 Å². The van der Waals surface area contributed by atoms with Crippen LogP contribution in [0.5, 0.6) is 0 Å². The van der Waals surface area contributed by atoms with Crippen LogP contribution in [0.3, 0.4) is 0 Å². The molecule has 6 heteroatoms. The van der Waals surface area contributed by atoms with E-state index < -0.39 is 0 Å². The number of allylic oxidation sites excluding steroid dienone is 1. The van der Waals surface area contributed by atoms with E-state index in [1.54, 1.807) is 13.3 Å². The van der Waals surface area contributed by atoms with Crippen LogP contribution in [-0.4, -0.2) is 62.1 Å². The Morgan fingerprint density at radius 1 is 1.45 bits per heavy atom. The number of amides is 1. The highest BCUT2D eigenvalue weighted by Gasteiger charge is 2.24. The van der Waals surface area contributed by atoms with Gasteiger partial charge in [0.05, 0.1) is 12.6 Å². The van der Waals surface area contributed by atoms with Crippen LogP contribution in [0.4, 0.5) is 0 Å². The van der Waals surface area contributed by atoms with E-state index in [4.69, 9.17) is 10.5 Å². The van der Waals surface area contributed by atoms with Crippen LogP contribution in [0.2, 0.25) is 0 Å². The van der Waals surface area contributed by atoms with Gasteiger partial charge in [0.2, 0.25) is 6.41 Å². The lowest BCUT2D eigenvalue weighted by Crippen LogP contribution is -2.52. The lowest BCUT2D eigenvalue weighted by atomic mass is 10.0. The molecule has 0 spiro atoms. The number of carbonyl (C=O) groups excluding carboxylic acids is 1. The minimum Gasteiger partial charge on any atom is -0.403 e. The molecule has 0 radical (unpaired) electrons. The number of piperidine rings is 1. The molecule has 0 aliphatic carbocycles. The first kappa shape index (κ1) is 14.7. The van der Waals surface area contributed by atoms with Gasteiger partial charge in [0.15, 0.2) is 0 Å². The van der Waals surface area contributed by atoms with Gasteiger partial charge in [0, 0.05) is 51.4 Å².